The van der Waals surface area contributed by atoms with Crippen LogP contribution in [0.5, 0.6) is 0 Å². The van der Waals surface area contributed by atoms with Crippen LogP contribution in [0.1, 0.15) is 42.1 Å². The van der Waals surface area contributed by atoms with Crippen molar-refractivity contribution in [3.05, 3.63) is 32.2 Å². The van der Waals surface area contributed by atoms with E-state index in [4.69, 9.17) is 4.74 Å². The van der Waals surface area contributed by atoms with Crippen LogP contribution >= 0.6 is 47.8 Å². The molecule has 1 atom stereocenters. The Morgan fingerprint density at radius 2 is 1.95 bits per heavy atom. The predicted molar refractivity (Wildman–Crippen MR) is 91.0 cm³/mol. The van der Waals surface area contributed by atoms with Crippen LogP contribution < -0.4 is 0 Å². The molecule has 1 saturated carbocycles. The van der Waals surface area contributed by atoms with Crippen LogP contribution in [0.3, 0.4) is 0 Å². The fourth-order valence-electron chi connectivity index (χ4n) is 2.56. The van der Waals surface area contributed by atoms with Gasteiger partial charge in [0.1, 0.15) is 0 Å². The van der Waals surface area contributed by atoms with Crippen molar-refractivity contribution in [2.24, 2.45) is 5.92 Å². The van der Waals surface area contributed by atoms with E-state index in [0.717, 1.165) is 12.5 Å². The Morgan fingerprint density at radius 1 is 1.26 bits per heavy atom. The number of halogens is 3. The molecule has 2 rings (SSSR count). The summed E-state index contributed by atoms with van der Waals surface area (Å²) in [4.78, 5) is 0.409. The van der Waals surface area contributed by atoms with Gasteiger partial charge in [-0.2, -0.15) is 0 Å². The maximum absolute atomic E-state index is 5.62. The van der Waals surface area contributed by atoms with Gasteiger partial charge >= 0.3 is 0 Å². The van der Waals surface area contributed by atoms with Gasteiger partial charge in [0.15, 0.2) is 0 Å². The van der Waals surface area contributed by atoms with Crippen LogP contribution in [0, 0.1) is 12.8 Å². The van der Waals surface area contributed by atoms with E-state index in [0.29, 0.717) is 10.9 Å². The SMILES string of the molecule is CCOC1CC(CC(Br)c2cc(Br)c(C)cc2Br)C1. The maximum Gasteiger partial charge on any atom is 0.0580 e. The normalized spacial score (nSPS) is 24.1. The average molecular weight is 455 g/mol. The van der Waals surface area contributed by atoms with Crippen molar-refractivity contribution in [1.82, 2.24) is 0 Å². The average Bonchev–Trinajstić information content (AvgIpc) is 2.31. The van der Waals surface area contributed by atoms with Crippen LogP contribution in [0.2, 0.25) is 0 Å². The zero-order valence-corrected chi connectivity index (χ0v) is 16.0. The van der Waals surface area contributed by atoms with Gasteiger partial charge < -0.3 is 4.74 Å². The van der Waals surface area contributed by atoms with Crippen molar-refractivity contribution >= 4 is 47.8 Å². The summed E-state index contributed by atoms with van der Waals surface area (Å²) in [6.07, 6.45) is 4.10. The molecule has 0 spiro atoms. The molecule has 19 heavy (non-hydrogen) atoms. The topological polar surface area (TPSA) is 9.23 Å². The molecular weight excluding hydrogens is 436 g/mol. The monoisotopic (exact) mass is 452 g/mol. The fraction of sp³-hybridized carbons (Fsp3) is 0.600. The highest BCUT2D eigenvalue weighted by atomic mass is 79.9. The second-order valence-electron chi connectivity index (χ2n) is 5.24. The number of aryl methyl sites for hydroxylation is 1. The number of ether oxygens (including phenoxy) is 1. The third-order valence-corrected chi connectivity index (χ3v) is 6.16. The lowest BCUT2D eigenvalue weighted by Gasteiger charge is -2.36. The number of benzene rings is 1. The van der Waals surface area contributed by atoms with Gasteiger partial charge in [-0.15, -0.1) is 0 Å². The fourth-order valence-corrected chi connectivity index (χ4v) is 4.87. The quantitative estimate of drug-likeness (QED) is 0.484. The molecule has 0 aromatic heterocycles. The Bertz CT molecular complexity index is 441. The Labute approximate surface area is 140 Å². The first-order valence-corrected chi connectivity index (χ1v) is 9.22. The zero-order chi connectivity index (χ0) is 14.0. The molecule has 1 unspecified atom stereocenters. The Balaban J connectivity index is 1.94. The summed E-state index contributed by atoms with van der Waals surface area (Å²) < 4.78 is 7.99. The van der Waals surface area contributed by atoms with E-state index in [2.05, 4.69) is 73.8 Å². The van der Waals surface area contributed by atoms with Crippen LogP contribution in [0.4, 0.5) is 0 Å². The first-order valence-electron chi connectivity index (χ1n) is 6.72. The third kappa shape index (κ3) is 4.05. The Kier molecular flexibility index (Phi) is 5.94. The van der Waals surface area contributed by atoms with Crippen LogP contribution in [0.25, 0.3) is 0 Å². The molecule has 1 nitrogen and oxygen atoms in total. The van der Waals surface area contributed by atoms with E-state index in [1.807, 2.05) is 0 Å². The van der Waals surface area contributed by atoms with Crippen molar-refractivity contribution in [3.8, 4) is 0 Å². The van der Waals surface area contributed by atoms with E-state index in [1.165, 1.54) is 39.3 Å². The lowest BCUT2D eigenvalue weighted by atomic mass is 9.78. The van der Waals surface area contributed by atoms with Gasteiger partial charge in [0.2, 0.25) is 0 Å². The van der Waals surface area contributed by atoms with E-state index in [-0.39, 0.29) is 0 Å². The van der Waals surface area contributed by atoms with Gasteiger partial charge in [-0.25, -0.2) is 0 Å². The molecule has 1 aliphatic carbocycles. The van der Waals surface area contributed by atoms with Gasteiger partial charge in [-0.05, 0) is 62.3 Å². The number of alkyl halides is 1. The number of rotatable bonds is 5. The third-order valence-electron chi connectivity index (χ3n) is 3.75. The molecule has 1 aliphatic rings. The van der Waals surface area contributed by atoms with E-state index in [9.17, 15) is 0 Å². The van der Waals surface area contributed by atoms with Gasteiger partial charge in [-0.3, -0.25) is 0 Å². The van der Waals surface area contributed by atoms with Crippen LogP contribution in [-0.2, 0) is 4.74 Å². The second-order valence-corrected chi connectivity index (χ2v) is 8.05. The van der Waals surface area contributed by atoms with E-state index < -0.39 is 0 Å². The van der Waals surface area contributed by atoms with E-state index in [1.54, 1.807) is 0 Å². The molecule has 0 radical (unpaired) electrons. The largest absolute Gasteiger partial charge is 0.378 e. The summed E-state index contributed by atoms with van der Waals surface area (Å²) in [7, 11) is 0. The molecule has 0 amide bonds. The van der Waals surface area contributed by atoms with Gasteiger partial charge in [0.25, 0.3) is 0 Å². The summed E-state index contributed by atoms with van der Waals surface area (Å²) in [6, 6.07) is 4.40. The smallest absolute Gasteiger partial charge is 0.0580 e. The standard InChI is InChI=1S/C15H19Br3O/c1-3-19-11-5-10(6-11)7-15(18)12-8-13(16)9(2)4-14(12)17/h4,8,10-11,15H,3,5-7H2,1-2H3. The van der Waals surface area contributed by atoms with Gasteiger partial charge in [-0.1, -0.05) is 47.8 Å². The minimum absolute atomic E-state index is 0.409. The minimum Gasteiger partial charge on any atom is -0.378 e. The highest BCUT2D eigenvalue weighted by molar-refractivity contribution is 9.11. The first-order chi connectivity index (χ1) is 9.01. The highest BCUT2D eigenvalue weighted by Gasteiger charge is 2.31. The number of hydrogen-bond donors (Lipinski definition) is 0. The molecule has 0 bridgehead atoms. The number of hydrogen-bond acceptors (Lipinski definition) is 1. The Hall–Kier alpha value is 0.620. The maximum atomic E-state index is 5.62. The lowest BCUT2D eigenvalue weighted by molar-refractivity contribution is -0.0264. The summed E-state index contributed by atoms with van der Waals surface area (Å²) in [5, 5.41) is 0. The minimum atomic E-state index is 0.409. The van der Waals surface area contributed by atoms with Crippen LogP contribution in [-0.4, -0.2) is 12.7 Å². The molecule has 1 aromatic carbocycles. The summed E-state index contributed by atoms with van der Waals surface area (Å²) in [5.41, 5.74) is 2.59. The summed E-state index contributed by atoms with van der Waals surface area (Å²) in [5.74, 6) is 0.785. The molecule has 0 N–H and O–H groups in total. The van der Waals surface area contributed by atoms with Crippen molar-refractivity contribution in [2.45, 2.75) is 44.0 Å². The van der Waals surface area contributed by atoms with E-state index >= 15 is 0 Å². The molecule has 1 fully saturated rings. The molecule has 0 saturated heterocycles. The lowest BCUT2D eigenvalue weighted by Crippen LogP contribution is -2.31. The zero-order valence-electron chi connectivity index (χ0n) is 11.3. The molecule has 106 valence electrons. The summed E-state index contributed by atoms with van der Waals surface area (Å²) in [6.45, 7) is 5.02. The molecule has 4 heteroatoms. The molecule has 0 heterocycles. The van der Waals surface area contributed by atoms with Crippen LogP contribution in [0.15, 0.2) is 21.1 Å². The van der Waals surface area contributed by atoms with Gasteiger partial charge in [0, 0.05) is 20.4 Å². The van der Waals surface area contributed by atoms with Crippen molar-refractivity contribution < 1.29 is 4.74 Å². The van der Waals surface area contributed by atoms with Gasteiger partial charge in [0.05, 0.1) is 6.10 Å². The van der Waals surface area contributed by atoms with Crippen molar-refractivity contribution in [2.75, 3.05) is 6.61 Å². The Morgan fingerprint density at radius 3 is 2.58 bits per heavy atom. The van der Waals surface area contributed by atoms with Crippen molar-refractivity contribution in [1.29, 1.82) is 0 Å². The molecular formula is C15H19Br3O. The molecule has 0 aliphatic heterocycles. The highest BCUT2D eigenvalue weighted by Crippen LogP contribution is 2.43. The first kappa shape index (κ1) is 16.0. The summed E-state index contributed by atoms with van der Waals surface area (Å²) >= 11 is 11.1. The second kappa shape index (κ2) is 7.06. The van der Waals surface area contributed by atoms with Crippen molar-refractivity contribution in [3.63, 3.8) is 0 Å². The molecule has 1 aromatic rings. The predicted octanol–water partition coefficient (Wildman–Crippen LogP) is 6.16.